The summed E-state index contributed by atoms with van der Waals surface area (Å²) >= 11 is 0. The zero-order valence-electron chi connectivity index (χ0n) is 17.1. The Bertz CT molecular complexity index is 889. The number of hydrogen-bond acceptors (Lipinski definition) is 0. The maximum atomic E-state index is 5.49. The summed E-state index contributed by atoms with van der Waals surface area (Å²) in [5.41, 5.74) is 4.18. The molecule has 2 heteroatoms. The molecule has 1 atom stereocenters. The molecule has 0 radical (unpaired) electrons. The molecule has 0 fully saturated rings. The topological polar surface area (TPSA) is 14.1 Å². The van der Waals surface area contributed by atoms with Crippen molar-refractivity contribution in [2.75, 3.05) is 0 Å². The van der Waals surface area contributed by atoms with Crippen LogP contribution in [0.15, 0.2) is 121 Å². The van der Waals surface area contributed by atoms with E-state index in [0.717, 1.165) is 0 Å². The summed E-state index contributed by atoms with van der Waals surface area (Å²) in [4.78, 5) is 0. The first-order valence-corrected chi connectivity index (χ1v) is 9.74. The average Bonchev–Trinajstić information content (AvgIpc) is 2.80. The molecule has 0 saturated carbocycles. The average molecular weight is 369 g/mol. The van der Waals surface area contributed by atoms with Gasteiger partial charge in [-0.15, -0.1) is 6.04 Å². The summed E-state index contributed by atoms with van der Waals surface area (Å²) in [6.07, 6.45) is 0. The van der Waals surface area contributed by atoms with Crippen LogP contribution < -0.4 is 18.9 Å². The first-order chi connectivity index (χ1) is 13.8. The van der Waals surface area contributed by atoms with Gasteiger partial charge in [0, 0.05) is 0 Å². The van der Waals surface area contributed by atoms with Crippen LogP contribution in [0.3, 0.4) is 0 Å². The summed E-state index contributed by atoms with van der Waals surface area (Å²) in [5.74, 6) is 0. The Balaban J connectivity index is 0.00000240. The van der Waals surface area contributed by atoms with Gasteiger partial charge in [0.25, 0.3) is 0 Å². The summed E-state index contributed by atoms with van der Waals surface area (Å²) < 4.78 is 0. The van der Waals surface area contributed by atoms with Gasteiger partial charge in [-0.05, 0) is 5.54 Å². The molecule has 4 aromatic rings. The van der Waals surface area contributed by atoms with E-state index in [-0.39, 0.29) is 24.9 Å². The van der Waals surface area contributed by atoms with Gasteiger partial charge in [0.2, 0.25) is 0 Å². The zero-order valence-corrected chi connectivity index (χ0v) is 17.1. The van der Waals surface area contributed by atoms with Gasteiger partial charge < -0.3 is 5.32 Å². The van der Waals surface area contributed by atoms with Crippen LogP contribution in [-0.2, 0) is 5.54 Å². The Morgan fingerprint density at radius 2 is 0.828 bits per heavy atom. The minimum absolute atomic E-state index is 0. The van der Waals surface area contributed by atoms with E-state index in [1.165, 1.54) is 22.3 Å². The van der Waals surface area contributed by atoms with Crippen LogP contribution in [0.25, 0.3) is 5.32 Å². The summed E-state index contributed by atoms with van der Waals surface area (Å²) in [6, 6.07) is 42.4. The number of rotatable bonds is 6. The van der Waals surface area contributed by atoms with Crippen molar-refractivity contribution in [1.82, 2.24) is 0 Å². The summed E-state index contributed by atoms with van der Waals surface area (Å²) in [5, 5.41) is 5.49. The van der Waals surface area contributed by atoms with Crippen molar-refractivity contribution in [3.8, 4) is 0 Å². The predicted molar refractivity (Wildman–Crippen MR) is 117 cm³/mol. The van der Waals surface area contributed by atoms with Gasteiger partial charge in [-0.25, -0.2) is 0 Å². The second kappa shape index (κ2) is 9.77. The standard InChI is InChI=1S/C27H24N.Li/c1-22(23-14-6-2-7-15-23)28-27(24-16-8-3-9-17-24,25-18-10-4-11-19-25)26-20-12-5-13-21-26;/h2-22H,1H3;/q-1;+1/t22-;/m1./s1. The smallest absolute Gasteiger partial charge is 0.639 e. The molecule has 1 nitrogen and oxygen atoms in total. The number of benzene rings is 4. The van der Waals surface area contributed by atoms with Gasteiger partial charge >= 0.3 is 18.9 Å². The minimum Gasteiger partial charge on any atom is -0.639 e. The maximum absolute atomic E-state index is 5.49. The van der Waals surface area contributed by atoms with Gasteiger partial charge in [0.15, 0.2) is 0 Å². The number of hydrogen-bond donors (Lipinski definition) is 0. The Morgan fingerprint density at radius 1 is 0.517 bits per heavy atom. The minimum atomic E-state index is -0.570. The third-order valence-corrected chi connectivity index (χ3v) is 5.24. The molecule has 0 amide bonds. The summed E-state index contributed by atoms with van der Waals surface area (Å²) in [6.45, 7) is 2.18. The van der Waals surface area contributed by atoms with Crippen molar-refractivity contribution in [2.24, 2.45) is 0 Å². The van der Waals surface area contributed by atoms with Crippen molar-refractivity contribution < 1.29 is 18.9 Å². The third kappa shape index (κ3) is 4.39. The zero-order chi connectivity index (χ0) is 19.2. The molecule has 0 saturated heterocycles. The van der Waals surface area contributed by atoms with Crippen LogP contribution in [0.1, 0.15) is 35.2 Å². The van der Waals surface area contributed by atoms with Gasteiger partial charge in [-0.1, -0.05) is 151 Å². The van der Waals surface area contributed by atoms with Gasteiger partial charge in [-0.2, -0.15) is 0 Å². The van der Waals surface area contributed by atoms with Gasteiger partial charge in [0.1, 0.15) is 0 Å². The quantitative estimate of drug-likeness (QED) is 0.359. The van der Waals surface area contributed by atoms with Crippen LogP contribution in [0.2, 0.25) is 0 Å². The van der Waals surface area contributed by atoms with E-state index in [4.69, 9.17) is 5.32 Å². The fourth-order valence-corrected chi connectivity index (χ4v) is 3.86. The molecule has 4 rings (SSSR count). The third-order valence-electron chi connectivity index (χ3n) is 5.24. The molecule has 138 valence electrons. The first kappa shape index (κ1) is 21.2. The molecule has 29 heavy (non-hydrogen) atoms. The normalized spacial score (nSPS) is 12.0. The van der Waals surface area contributed by atoms with Crippen molar-refractivity contribution in [3.63, 3.8) is 0 Å². The predicted octanol–water partition coefficient (Wildman–Crippen LogP) is 4.12. The SMILES string of the molecule is C[C@@H]([N-]C(c1ccccc1)(c1ccccc1)c1ccccc1)c1ccccc1.[Li+]. The molecule has 0 aliphatic rings. The van der Waals surface area contributed by atoms with E-state index in [0.29, 0.717) is 0 Å². The Kier molecular flexibility index (Phi) is 7.12. The number of nitrogens with zero attached hydrogens (tertiary/aromatic N) is 1. The van der Waals surface area contributed by atoms with Crippen LogP contribution >= 0.6 is 0 Å². The Labute approximate surface area is 186 Å². The fourth-order valence-electron chi connectivity index (χ4n) is 3.86. The van der Waals surface area contributed by atoms with Gasteiger partial charge in [-0.3, -0.25) is 0 Å². The van der Waals surface area contributed by atoms with E-state index >= 15 is 0 Å². The monoisotopic (exact) mass is 369 g/mol. The Morgan fingerprint density at radius 3 is 1.17 bits per heavy atom. The molecule has 4 aromatic carbocycles. The van der Waals surface area contributed by atoms with Crippen molar-refractivity contribution in [3.05, 3.63) is 149 Å². The van der Waals surface area contributed by atoms with E-state index in [1.807, 2.05) is 0 Å². The van der Waals surface area contributed by atoms with Crippen molar-refractivity contribution >= 4 is 0 Å². The van der Waals surface area contributed by atoms with Crippen molar-refractivity contribution in [2.45, 2.75) is 18.5 Å². The molecular weight excluding hydrogens is 345 g/mol. The molecule has 0 spiro atoms. The molecule has 0 bridgehead atoms. The van der Waals surface area contributed by atoms with Gasteiger partial charge in [0.05, 0.1) is 0 Å². The van der Waals surface area contributed by atoms with Crippen molar-refractivity contribution in [1.29, 1.82) is 0 Å². The van der Waals surface area contributed by atoms with E-state index in [1.54, 1.807) is 0 Å². The Hall–Kier alpha value is -2.56. The van der Waals surface area contributed by atoms with E-state index < -0.39 is 5.54 Å². The first-order valence-electron chi connectivity index (χ1n) is 9.74. The summed E-state index contributed by atoms with van der Waals surface area (Å²) in [7, 11) is 0. The van der Waals surface area contributed by atoms with Crippen LogP contribution in [0.5, 0.6) is 0 Å². The fraction of sp³-hybridized carbons (Fsp3) is 0.111. The molecular formula is C27H24LiN. The van der Waals surface area contributed by atoms with E-state index in [9.17, 15) is 0 Å². The van der Waals surface area contributed by atoms with Crippen LogP contribution in [0, 0.1) is 0 Å². The molecule has 0 N–H and O–H groups in total. The van der Waals surface area contributed by atoms with E-state index in [2.05, 4.69) is 128 Å². The van der Waals surface area contributed by atoms with Crippen LogP contribution in [0.4, 0.5) is 0 Å². The molecule has 0 aliphatic heterocycles. The van der Waals surface area contributed by atoms with Crippen LogP contribution in [-0.4, -0.2) is 0 Å². The largest absolute Gasteiger partial charge is 1.00 e. The second-order valence-electron chi connectivity index (χ2n) is 7.02. The molecule has 0 unspecified atom stereocenters. The molecule has 0 aliphatic carbocycles. The maximum Gasteiger partial charge on any atom is 1.00 e. The molecule has 0 heterocycles. The second-order valence-corrected chi connectivity index (χ2v) is 7.02. The molecule has 0 aromatic heterocycles.